The first-order valence-corrected chi connectivity index (χ1v) is 6.72. The summed E-state index contributed by atoms with van der Waals surface area (Å²) < 4.78 is 61.1. The van der Waals surface area contributed by atoms with Crippen molar-refractivity contribution in [2.45, 2.75) is 6.11 Å². The molecule has 98 valence electrons. The van der Waals surface area contributed by atoms with Gasteiger partial charge in [-0.1, -0.05) is 0 Å². The third-order valence-electron chi connectivity index (χ3n) is 1.36. The Morgan fingerprint density at radius 2 is 1.47 bits per heavy atom. The average molecular weight is 317 g/mol. The third kappa shape index (κ3) is 5.79. The monoisotopic (exact) mass is 316 g/mol. The van der Waals surface area contributed by atoms with Gasteiger partial charge in [0.15, 0.2) is 17.5 Å². The summed E-state index contributed by atoms with van der Waals surface area (Å²) in [6, 6.07) is 0.575. The van der Waals surface area contributed by atoms with Crippen molar-refractivity contribution in [3.63, 3.8) is 0 Å². The zero-order chi connectivity index (χ0) is 13.8. The molecule has 0 saturated carbocycles. The fourth-order valence-electron chi connectivity index (χ4n) is 0.758. The lowest BCUT2D eigenvalue weighted by molar-refractivity contribution is -0.211. The smallest absolute Gasteiger partial charge is 0.347 e. The first-order chi connectivity index (χ1) is 7.57. The summed E-state index contributed by atoms with van der Waals surface area (Å²) in [7, 11) is 0. The minimum Gasteiger partial charge on any atom is -0.347 e. The molecule has 0 amide bonds. The van der Waals surface area contributed by atoms with Gasteiger partial charge in [0.1, 0.15) is 0 Å². The first kappa shape index (κ1) is 16.8. The molecule has 10 heteroatoms. The standard InChI is InChI=1S/C7H3F5O.Cl2HOP/c8-4-2-1-3(7(11,12)13)5(9)6(4)10;1-4(2)3/h1-2,13H;3H. The highest BCUT2D eigenvalue weighted by atomic mass is 35.9. The largest absolute Gasteiger partial charge is 0.383 e. The van der Waals surface area contributed by atoms with Crippen molar-refractivity contribution in [3.8, 4) is 0 Å². The Bertz CT molecular complexity index is 383. The Morgan fingerprint density at radius 1 is 1.06 bits per heavy atom. The van der Waals surface area contributed by atoms with Crippen LogP contribution in [0.25, 0.3) is 0 Å². The maximum absolute atomic E-state index is 12.5. The van der Waals surface area contributed by atoms with Crippen LogP contribution in [0, 0.1) is 17.5 Å². The van der Waals surface area contributed by atoms with Gasteiger partial charge < -0.3 is 10.00 Å². The van der Waals surface area contributed by atoms with Crippen LogP contribution in [0.3, 0.4) is 0 Å². The van der Waals surface area contributed by atoms with Gasteiger partial charge in [-0.25, -0.2) is 13.2 Å². The Kier molecular flexibility index (Phi) is 6.58. The van der Waals surface area contributed by atoms with Gasteiger partial charge in [0, 0.05) is 0 Å². The molecule has 1 aromatic rings. The molecular weight excluding hydrogens is 313 g/mol. The molecule has 0 fully saturated rings. The Labute approximate surface area is 103 Å². The Hall–Kier alpha value is -0.200. The van der Waals surface area contributed by atoms with E-state index in [9.17, 15) is 22.0 Å². The van der Waals surface area contributed by atoms with Crippen molar-refractivity contribution in [3.05, 3.63) is 35.1 Å². The summed E-state index contributed by atoms with van der Waals surface area (Å²) in [6.45, 7) is -1.68. The molecule has 17 heavy (non-hydrogen) atoms. The molecule has 0 bridgehead atoms. The fourth-order valence-corrected chi connectivity index (χ4v) is 0.758. The molecule has 2 nitrogen and oxygen atoms in total. The van der Waals surface area contributed by atoms with Gasteiger partial charge in [-0.3, -0.25) is 0 Å². The highest BCUT2D eigenvalue weighted by Crippen LogP contribution is 2.40. The van der Waals surface area contributed by atoms with Crippen LogP contribution >= 0.6 is 29.3 Å². The minimum atomic E-state index is -4.52. The summed E-state index contributed by atoms with van der Waals surface area (Å²) in [5.41, 5.74) is -1.59. The van der Waals surface area contributed by atoms with Crippen molar-refractivity contribution < 1.29 is 32.0 Å². The van der Waals surface area contributed by atoms with E-state index in [0.717, 1.165) is 0 Å². The van der Waals surface area contributed by atoms with Gasteiger partial charge in [0.2, 0.25) is 6.85 Å². The van der Waals surface area contributed by atoms with E-state index in [2.05, 4.69) is 22.5 Å². The number of rotatable bonds is 1. The molecular formula is C7H4Cl2F5O2P. The summed E-state index contributed by atoms with van der Waals surface area (Å²) in [4.78, 5) is 7.65. The number of halogens is 7. The molecule has 0 heterocycles. The van der Waals surface area contributed by atoms with Gasteiger partial charge in [-0.15, -0.1) is 0 Å². The number of alkyl halides is 2. The fraction of sp³-hybridized carbons (Fsp3) is 0.143. The van der Waals surface area contributed by atoms with Gasteiger partial charge >= 0.3 is 6.11 Å². The second kappa shape index (κ2) is 6.66. The van der Waals surface area contributed by atoms with Crippen LogP contribution < -0.4 is 0 Å². The predicted molar refractivity (Wildman–Crippen MR) is 53.3 cm³/mol. The first-order valence-electron chi connectivity index (χ1n) is 3.62. The Morgan fingerprint density at radius 3 is 1.82 bits per heavy atom. The SMILES string of the molecule is OC(F)(F)c1ccc(F)c(F)c1F.OP(Cl)Cl. The molecule has 0 atom stereocenters. The van der Waals surface area contributed by atoms with Crippen LogP contribution in [0.1, 0.15) is 5.56 Å². The van der Waals surface area contributed by atoms with E-state index in [1.54, 1.807) is 0 Å². The van der Waals surface area contributed by atoms with Crippen LogP contribution in [0.4, 0.5) is 22.0 Å². The van der Waals surface area contributed by atoms with E-state index in [4.69, 9.17) is 10.00 Å². The summed E-state index contributed by atoms with van der Waals surface area (Å²) in [5, 5.41) is 8.02. The summed E-state index contributed by atoms with van der Waals surface area (Å²) in [6.07, 6.45) is -4.52. The topological polar surface area (TPSA) is 40.5 Å². The average Bonchev–Trinajstić information content (AvgIpc) is 2.11. The van der Waals surface area contributed by atoms with Gasteiger partial charge in [-0.05, 0) is 34.6 Å². The van der Waals surface area contributed by atoms with Crippen molar-refractivity contribution in [1.82, 2.24) is 0 Å². The molecule has 0 aromatic heterocycles. The molecule has 0 spiro atoms. The van der Waals surface area contributed by atoms with Crippen molar-refractivity contribution in [2.75, 3.05) is 0 Å². The van der Waals surface area contributed by atoms with Crippen LogP contribution in [-0.4, -0.2) is 10.00 Å². The molecule has 1 aromatic carbocycles. The van der Waals surface area contributed by atoms with E-state index in [1.807, 2.05) is 0 Å². The lowest BCUT2D eigenvalue weighted by Gasteiger charge is -2.09. The van der Waals surface area contributed by atoms with Crippen LogP contribution in [-0.2, 0) is 6.11 Å². The highest BCUT2D eigenvalue weighted by Gasteiger charge is 2.33. The van der Waals surface area contributed by atoms with E-state index in [1.165, 1.54) is 0 Å². The van der Waals surface area contributed by atoms with Crippen molar-refractivity contribution in [2.24, 2.45) is 0 Å². The van der Waals surface area contributed by atoms with Crippen LogP contribution in [0.5, 0.6) is 0 Å². The molecule has 2 N–H and O–H groups in total. The normalized spacial score (nSPS) is 11.2. The lowest BCUT2D eigenvalue weighted by atomic mass is 10.2. The van der Waals surface area contributed by atoms with E-state index in [0.29, 0.717) is 6.07 Å². The van der Waals surface area contributed by atoms with Crippen molar-refractivity contribution >= 4 is 29.3 Å². The predicted octanol–water partition coefficient (Wildman–Crippen LogP) is 3.83. The van der Waals surface area contributed by atoms with Crippen LogP contribution in [0.15, 0.2) is 12.1 Å². The van der Waals surface area contributed by atoms with Gasteiger partial charge in [-0.2, -0.15) is 8.78 Å². The lowest BCUT2D eigenvalue weighted by Crippen LogP contribution is -2.15. The van der Waals surface area contributed by atoms with Crippen molar-refractivity contribution in [1.29, 1.82) is 0 Å². The summed E-state index contributed by atoms with van der Waals surface area (Å²) >= 11 is 9.32. The van der Waals surface area contributed by atoms with E-state index in [-0.39, 0.29) is 6.07 Å². The molecule has 0 aliphatic rings. The van der Waals surface area contributed by atoms with E-state index < -0.39 is 36.0 Å². The molecule has 0 radical (unpaired) electrons. The van der Waals surface area contributed by atoms with Gasteiger partial charge in [0.25, 0.3) is 0 Å². The number of aliphatic hydroxyl groups is 1. The Balaban J connectivity index is 0.000000557. The summed E-state index contributed by atoms with van der Waals surface area (Å²) in [5.74, 6) is -5.72. The quantitative estimate of drug-likeness (QED) is 0.469. The molecule has 0 aliphatic heterocycles. The van der Waals surface area contributed by atoms with E-state index >= 15 is 0 Å². The number of benzene rings is 1. The maximum Gasteiger partial charge on any atom is 0.383 e. The van der Waals surface area contributed by atoms with Gasteiger partial charge in [0.05, 0.1) is 5.56 Å². The molecule has 1 rings (SSSR count). The van der Waals surface area contributed by atoms with Crippen LogP contribution in [0.2, 0.25) is 0 Å². The maximum atomic E-state index is 12.5. The second-order valence-corrected chi connectivity index (χ2v) is 5.35. The second-order valence-electron chi connectivity index (χ2n) is 2.48. The molecule has 0 saturated heterocycles. The number of hydrogen-bond donors (Lipinski definition) is 2. The molecule has 0 unspecified atom stereocenters. The highest BCUT2D eigenvalue weighted by molar-refractivity contribution is 7.99. The zero-order valence-electron chi connectivity index (χ0n) is 7.64. The molecule has 0 aliphatic carbocycles. The minimum absolute atomic E-state index is 0.272. The zero-order valence-corrected chi connectivity index (χ0v) is 10.0. The number of hydrogen-bond acceptors (Lipinski definition) is 2. The third-order valence-corrected chi connectivity index (χ3v) is 1.36.